The molecule has 1 aliphatic rings. The first kappa shape index (κ1) is 47.0. The molecule has 0 aromatic heterocycles. The summed E-state index contributed by atoms with van der Waals surface area (Å²) >= 11 is 1.16. The molecular weight excluding hydrogens is 835 g/mol. The van der Waals surface area contributed by atoms with Crippen molar-refractivity contribution in [2.45, 2.75) is 63.7 Å². The summed E-state index contributed by atoms with van der Waals surface area (Å²) in [7, 11) is 3.36. The van der Waals surface area contributed by atoms with E-state index >= 15 is 4.79 Å². The minimum absolute atomic E-state index is 0.191. The van der Waals surface area contributed by atoms with Crippen LogP contribution in [0.1, 0.15) is 45.2 Å². The molecule has 63 heavy (non-hydrogen) atoms. The van der Waals surface area contributed by atoms with Crippen molar-refractivity contribution in [1.29, 1.82) is 0 Å². The number of ether oxygens (including phenoxy) is 5. The molecule has 0 spiro atoms. The van der Waals surface area contributed by atoms with Crippen LogP contribution in [0, 0.1) is 16.0 Å². The maximum absolute atomic E-state index is 15.5. The highest BCUT2D eigenvalue weighted by molar-refractivity contribution is 8.04. The number of azo groups is 1. The largest absolute Gasteiger partial charge is 0.497 e. The van der Waals surface area contributed by atoms with Crippen molar-refractivity contribution in [3.8, 4) is 5.75 Å². The topological polar surface area (TPSA) is 215 Å². The average molecular weight is 882 g/mol. The van der Waals surface area contributed by atoms with E-state index in [0.29, 0.717) is 28.6 Å². The molecular formula is C45H47N5O12S. The van der Waals surface area contributed by atoms with Crippen LogP contribution in [-0.2, 0) is 54.2 Å². The number of carbonyl (C=O) groups is 5. The molecule has 1 N–H and O–H groups in total. The second-order valence-electron chi connectivity index (χ2n) is 14.4. The van der Waals surface area contributed by atoms with Crippen molar-refractivity contribution in [2.24, 2.45) is 16.1 Å². The number of nitrogens with zero attached hydrogens (tertiary/aromatic N) is 4. The Kier molecular flexibility index (Phi) is 16.1. The normalized spacial score (nSPS) is 17.2. The summed E-state index contributed by atoms with van der Waals surface area (Å²) in [6.07, 6.45) is -4.89. The summed E-state index contributed by atoms with van der Waals surface area (Å²) in [5.41, 5.74) is 2.13. The number of amides is 1. The van der Waals surface area contributed by atoms with E-state index < -0.39 is 70.3 Å². The number of hydrogen-bond donors (Lipinski definition) is 1. The van der Waals surface area contributed by atoms with Gasteiger partial charge in [0.1, 0.15) is 23.2 Å². The highest BCUT2D eigenvalue weighted by Gasteiger charge is 2.58. The SMILES string of the molecule is COc1ccc(N=NC2=C(N(C)Cc3ccccc3)S[C@](C(=O)Nc3ccc([N+](=O)[O-])cc3)(c3ccccc3)[C@H]2C[C@@H](OC(C)=O)[C@H](OC(C)=O)[C@@H](COC(C)=O)OC(C)=O)cc1. The number of thioether (sulfide) groups is 1. The first-order valence-electron chi connectivity index (χ1n) is 19.6. The molecule has 1 heterocycles. The van der Waals surface area contributed by atoms with Gasteiger partial charge in [-0.2, -0.15) is 10.2 Å². The van der Waals surface area contributed by atoms with Gasteiger partial charge in [-0.15, -0.1) is 0 Å². The lowest BCUT2D eigenvalue weighted by Crippen LogP contribution is -2.50. The summed E-state index contributed by atoms with van der Waals surface area (Å²) in [5.74, 6) is -4.35. The minimum Gasteiger partial charge on any atom is -0.497 e. The number of carbonyl (C=O) groups excluding carboxylic acids is 5. The molecule has 0 bridgehead atoms. The van der Waals surface area contributed by atoms with Crippen LogP contribution >= 0.6 is 11.8 Å². The number of rotatable bonds is 19. The number of hydrogen-bond acceptors (Lipinski definition) is 16. The van der Waals surface area contributed by atoms with Crippen molar-refractivity contribution in [1.82, 2.24) is 4.90 Å². The molecule has 0 radical (unpaired) electrons. The number of benzene rings is 4. The van der Waals surface area contributed by atoms with Gasteiger partial charge in [-0.05, 0) is 53.9 Å². The molecule has 0 saturated carbocycles. The quantitative estimate of drug-likeness (QED) is 0.0315. The zero-order valence-corrected chi connectivity index (χ0v) is 36.2. The summed E-state index contributed by atoms with van der Waals surface area (Å²) in [5, 5.41) is 24.5. The van der Waals surface area contributed by atoms with Gasteiger partial charge in [0.05, 0.1) is 28.4 Å². The number of allylic oxidation sites excluding steroid dienone is 1. The molecule has 0 aliphatic carbocycles. The molecule has 1 amide bonds. The third kappa shape index (κ3) is 12.3. The molecule has 0 saturated heterocycles. The van der Waals surface area contributed by atoms with Crippen molar-refractivity contribution in [2.75, 3.05) is 26.1 Å². The Morgan fingerprint density at radius 2 is 1.37 bits per heavy atom. The number of nitrogens with one attached hydrogen (secondary N) is 1. The van der Waals surface area contributed by atoms with Gasteiger partial charge in [-0.3, -0.25) is 34.1 Å². The Bertz CT molecular complexity index is 2330. The van der Waals surface area contributed by atoms with Crippen LogP contribution in [0.2, 0.25) is 0 Å². The monoisotopic (exact) mass is 881 g/mol. The molecule has 4 aromatic rings. The first-order valence-corrected chi connectivity index (χ1v) is 20.4. The Morgan fingerprint density at radius 3 is 1.92 bits per heavy atom. The van der Waals surface area contributed by atoms with E-state index in [-0.39, 0.29) is 23.5 Å². The maximum Gasteiger partial charge on any atom is 0.303 e. The highest BCUT2D eigenvalue weighted by atomic mass is 32.2. The Balaban J connectivity index is 1.80. The van der Waals surface area contributed by atoms with Crippen molar-refractivity contribution >= 4 is 58.6 Å². The van der Waals surface area contributed by atoms with Gasteiger partial charge in [0.15, 0.2) is 12.2 Å². The molecule has 18 heteroatoms. The van der Waals surface area contributed by atoms with Gasteiger partial charge in [0, 0.05) is 65.0 Å². The summed E-state index contributed by atoms with van der Waals surface area (Å²) in [6, 6.07) is 30.5. The lowest BCUT2D eigenvalue weighted by atomic mass is 9.78. The fraction of sp³-hybridized carbons (Fsp3) is 0.311. The summed E-state index contributed by atoms with van der Waals surface area (Å²) in [4.78, 5) is 78.8. The fourth-order valence-electron chi connectivity index (χ4n) is 7.03. The van der Waals surface area contributed by atoms with Crippen molar-refractivity contribution in [3.05, 3.63) is 141 Å². The molecule has 5 rings (SSSR count). The van der Waals surface area contributed by atoms with Gasteiger partial charge >= 0.3 is 23.9 Å². The summed E-state index contributed by atoms with van der Waals surface area (Å²) < 4.78 is 26.2. The second-order valence-corrected chi connectivity index (χ2v) is 15.6. The van der Waals surface area contributed by atoms with Crippen LogP contribution in [0.5, 0.6) is 5.75 Å². The van der Waals surface area contributed by atoms with Crippen LogP contribution in [0.25, 0.3) is 0 Å². The van der Waals surface area contributed by atoms with E-state index in [0.717, 1.165) is 45.0 Å². The van der Waals surface area contributed by atoms with Gasteiger partial charge < -0.3 is 33.9 Å². The summed E-state index contributed by atoms with van der Waals surface area (Å²) in [6.45, 7) is 4.25. The number of nitro groups is 1. The Hall–Kier alpha value is -7.08. The average Bonchev–Trinajstić information content (AvgIpc) is 3.58. The predicted molar refractivity (Wildman–Crippen MR) is 231 cm³/mol. The molecule has 0 unspecified atom stereocenters. The van der Waals surface area contributed by atoms with Crippen molar-refractivity contribution in [3.63, 3.8) is 0 Å². The van der Waals surface area contributed by atoms with E-state index in [4.69, 9.17) is 28.8 Å². The third-order valence-electron chi connectivity index (χ3n) is 9.72. The van der Waals surface area contributed by atoms with Gasteiger partial charge in [-0.25, -0.2) is 0 Å². The van der Waals surface area contributed by atoms with Gasteiger partial charge in [0.25, 0.3) is 5.69 Å². The number of methoxy groups -OCH3 is 1. The molecule has 330 valence electrons. The standard InChI is InChI=1S/C45H47N5O12S/c1-28(51)59-27-40(61-30(3)53)42(62-31(4)54)39(60-29(2)52)25-38-41(48-47-35-19-23-37(58-6)24-20-35)43(49(5)26-32-13-9-7-10-14-32)63-45(38,33-15-11-8-12-16-33)44(55)46-34-17-21-36(22-18-34)50(56)57/h7-24,38-40,42H,25-27H2,1-6H3,(H,46,55)/t38-,39+,40+,42-,45+/m0/s1. The fourth-order valence-corrected chi connectivity index (χ4v) is 8.59. The zero-order chi connectivity index (χ0) is 45.7. The molecule has 1 aliphatic heterocycles. The first-order chi connectivity index (χ1) is 30.1. The number of non-ortho nitro benzene ring substituents is 1. The van der Waals surface area contributed by atoms with Gasteiger partial charge in [0.2, 0.25) is 5.91 Å². The molecule has 17 nitrogen and oxygen atoms in total. The van der Waals surface area contributed by atoms with Crippen LogP contribution in [0.4, 0.5) is 17.1 Å². The third-order valence-corrected chi connectivity index (χ3v) is 11.5. The van der Waals surface area contributed by atoms with Crippen molar-refractivity contribution < 1.29 is 52.6 Å². The van der Waals surface area contributed by atoms with E-state index in [1.54, 1.807) is 54.6 Å². The number of nitro benzene ring substituents is 1. The lowest BCUT2D eigenvalue weighted by Gasteiger charge is -2.38. The van der Waals surface area contributed by atoms with E-state index in [1.165, 1.54) is 31.4 Å². The number of anilines is 1. The predicted octanol–water partition coefficient (Wildman–Crippen LogP) is 7.63. The van der Waals surface area contributed by atoms with E-state index in [1.807, 2.05) is 42.3 Å². The van der Waals surface area contributed by atoms with Gasteiger partial charge in [-0.1, -0.05) is 72.4 Å². The van der Waals surface area contributed by atoms with Crippen LogP contribution in [-0.4, -0.2) is 78.7 Å². The second kappa shape index (κ2) is 21.6. The molecule has 5 atom stereocenters. The van der Waals surface area contributed by atoms with Crippen LogP contribution in [0.15, 0.2) is 130 Å². The lowest BCUT2D eigenvalue weighted by molar-refractivity contribution is -0.384. The van der Waals surface area contributed by atoms with E-state index in [2.05, 4.69) is 10.4 Å². The minimum atomic E-state index is -1.70. The Morgan fingerprint density at radius 1 is 0.778 bits per heavy atom. The molecule has 0 fully saturated rings. The van der Waals surface area contributed by atoms with E-state index in [9.17, 15) is 29.3 Å². The zero-order valence-electron chi connectivity index (χ0n) is 35.4. The smallest absolute Gasteiger partial charge is 0.303 e. The number of esters is 4. The Labute approximate surface area is 367 Å². The van der Waals surface area contributed by atoms with Crippen LogP contribution in [0.3, 0.4) is 0 Å². The maximum atomic E-state index is 15.5. The van der Waals surface area contributed by atoms with Crippen LogP contribution < -0.4 is 10.1 Å². The highest BCUT2D eigenvalue weighted by Crippen LogP contribution is 2.60. The molecule has 4 aromatic carbocycles.